The maximum Gasteiger partial charge on any atom is 0.255 e. The normalized spacial score (nSPS) is 12.2. The first-order chi connectivity index (χ1) is 9.61. The van der Waals surface area contributed by atoms with Crippen LogP contribution >= 0.6 is 0 Å². The van der Waals surface area contributed by atoms with Crippen molar-refractivity contribution in [3.63, 3.8) is 0 Å². The van der Waals surface area contributed by atoms with Gasteiger partial charge in [-0.05, 0) is 36.4 Å². The summed E-state index contributed by atoms with van der Waals surface area (Å²) >= 11 is 0. The van der Waals surface area contributed by atoms with E-state index < -0.39 is 5.82 Å². The molecule has 5 nitrogen and oxygen atoms in total. The molecule has 102 valence electrons. The second-order valence-corrected chi connectivity index (χ2v) is 4.30. The van der Waals surface area contributed by atoms with E-state index in [9.17, 15) is 9.18 Å². The molecule has 0 radical (unpaired) electrons. The molecule has 1 aliphatic rings. The van der Waals surface area contributed by atoms with E-state index in [1.54, 1.807) is 18.2 Å². The van der Waals surface area contributed by atoms with Crippen molar-refractivity contribution in [2.45, 2.75) is 0 Å². The van der Waals surface area contributed by atoms with Crippen LogP contribution in [0, 0.1) is 5.82 Å². The van der Waals surface area contributed by atoms with Crippen molar-refractivity contribution in [2.75, 3.05) is 17.8 Å². The van der Waals surface area contributed by atoms with Crippen LogP contribution in [0.3, 0.4) is 0 Å². The van der Waals surface area contributed by atoms with Crippen molar-refractivity contribution in [1.82, 2.24) is 0 Å². The molecule has 1 aliphatic heterocycles. The zero-order valence-electron chi connectivity index (χ0n) is 10.4. The average Bonchev–Trinajstić information content (AvgIpc) is 2.84. The summed E-state index contributed by atoms with van der Waals surface area (Å²) in [6, 6.07) is 8.68. The number of ether oxygens (including phenoxy) is 2. The standard InChI is InChI=1S/C14H11FN2O3/c15-9-4-10(16)6-11(5-9)17-14(18)8-1-2-12-13(3-8)20-7-19-12/h1-6H,7,16H2,(H,17,18). The molecule has 3 rings (SSSR count). The molecule has 1 amide bonds. The van der Waals surface area contributed by atoms with Gasteiger partial charge in [-0.15, -0.1) is 0 Å². The number of nitrogen functional groups attached to an aromatic ring is 1. The maximum atomic E-state index is 13.2. The number of hydrogen-bond donors (Lipinski definition) is 2. The van der Waals surface area contributed by atoms with E-state index in [4.69, 9.17) is 15.2 Å². The Hall–Kier alpha value is -2.76. The quantitative estimate of drug-likeness (QED) is 0.825. The van der Waals surface area contributed by atoms with E-state index in [0.29, 0.717) is 22.7 Å². The Morgan fingerprint density at radius 1 is 1.15 bits per heavy atom. The van der Waals surface area contributed by atoms with Crippen molar-refractivity contribution in [2.24, 2.45) is 0 Å². The molecule has 3 N–H and O–H groups in total. The zero-order chi connectivity index (χ0) is 14.1. The van der Waals surface area contributed by atoms with Crippen LogP contribution in [0.2, 0.25) is 0 Å². The fraction of sp³-hybridized carbons (Fsp3) is 0.0714. The van der Waals surface area contributed by atoms with E-state index in [1.807, 2.05) is 0 Å². The highest BCUT2D eigenvalue weighted by molar-refractivity contribution is 6.04. The van der Waals surface area contributed by atoms with Crippen molar-refractivity contribution < 1.29 is 18.7 Å². The molecule has 6 heteroatoms. The minimum atomic E-state index is -0.508. The number of carbonyl (C=O) groups excluding carboxylic acids is 1. The molecule has 0 bridgehead atoms. The number of hydrogen-bond acceptors (Lipinski definition) is 4. The first-order valence-corrected chi connectivity index (χ1v) is 5.89. The van der Waals surface area contributed by atoms with Gasteiger partial charge in [-0.2, -0.15) is 0 Å². The molecule has 0 unspecified atom stereocenters. The highest BCUT2D eigenvalue weighted by atomic mass is 19.1. The molecule has 0 aromatic heterocycles. The fourth-order valence-electron chi connectivity index (χ4n) is 1.93. The Balaban J connectivity index is 1.82. The monoisotopic (exact) mass is 274 g/mol. The summed E-state index contributed by atoms with van der Waals surface area (Å²) in [5, 5.41) is 2.58. The number of nitrogens with one attached hydrogen (secondary N) is 1. The highest BCUT2D eigenvalue weighted by Crippen LogP contribution is 2.32. The number of anilines is 2. The van der Waals surface area contributed by atoms with Gasteiger partial charge in [0.15, 0.2) is 11.5 Å². The van der Waals surface area contributed by atoms with Crippen LogP contribution in [-0.2, 0) is 0 Å². The Kier molecular flexibility index (Phi) is 2.90. The second kappa shape index (κ2) is 4.73. The third kappa shape index (κ3) is 2.35. The van der Waals surface area contributed by atoms with Gasteiger partial charge in [-0.1, -0.05) is 0 Å². The molecule has 20 heavy (non-hydrogen) atoms. The predicted molar refractivity (Wildman–Crippen MR) is 71.3 cm³/mol. The highest BCUT2D eigenvalue weighted by Gasteiger charge is 2.16. The molecule has 0 atom stereocenters. The Labute approximate surface area is 114 Å². The number of carbonyl (C=O) groups is 1. The Morgan fingerprint density at radius 3 is 2.75 bits per heavy atom. The Bertz CT molecular complexity index is 668. The number of fused-ring (bicyclic) bond motifs is 1. The lowest BCUT2D eigenvalue weighted by atomic mass is 10.2. The summed E-state index contributed by atoms with van der Waals surface area (Å²) in [5.41, 5.74) is 6.44. The minimum absolute atomic E-state index is 0.140. The summed E-state index contributed by atoms with van der Waals surface area (Å²) in [5.74, 6) is 0.215. The molecule has 2 aromatic carbocycles. The Morgan fingerprint density at radius 2 is 1.95 bits per heavy atom. The molecular formula is C14H11FN2O3. The van der Waals surface area contributed by atoms with E-state index in [2.05, 4.69) is 5.32 Å². The van der Waals surface area contributed by atoms with Crippen LogP contribution in [-0.4, -0.2) is 12.7 Å². The molecule has 0 aliphatic carbocycles. The fourth-order valence-corrected chi connectivity index (χ4v) is 1.93. The number of rotatable bonds is 2. The van der Waals surface area contributed by atoms with Gasteiger partial charge < -0.3 is 20.5 Å². The van der Waals surface area contributed by atoms with Crippen LogP contribution in [0.25, 0.3) is 0 Å². The molecule has 0 fully saturated rings. The van der Waals surface area contributed by atoms with Gasteiger partial charge in [-0.3, -0.25) is 4.79 Å². The van der Waals surface area contributed by atoms with Crippen LogP contribution in [0.1, 0.15) is 10.4 Å². The SMILES string of the molecule is Nc1cc(F)cc(NC(=O)c2ccc3c(c2)OCO3)c1. The lowest BCUT2D eigenvalue weighted by Crippen LogP contribution is -2.12. The molecule has 1 heterocycles. The van der Waals surface area contributed by atoms with Gasteiger partial charge in [0.2, 0.25) is 6.79 Å². The van der Waals surface area contributed by atoms with Gasteiger partial charge in [0.25, 0.3) is 5.91 Å². The molecule has 2 aromatic rings. The van der Waals surface area contributed by atoms with Crippen LogP contribution in [0.4, 0.5) is 15.8 Å². The topological polar surface area (TPSA) is 73.6 Å². The molecular weight excluding hydrogens is 263 g/mol. The van der Waals surface area contributed by atoms with Gasteiger partial charge in [0.05, 0.1) is 0 Å². The number of halogens is 1. The van der Waals surface area contributed by atoms with Gasteiger partial charge in [0.1, 0.15) is 5.82 Å². The number of benzene rings is 2. The maximum absolute atomic E-state index is 13.2. The van der Waals surface area contributed by atoms with Crippen LogP contribution in [0.15, 0.2) is 36.4 Å². The van der Waals surface area contributed by atoms with E-state index >= 15 is 0 Å². The average molecular weight is 274 g/mol. The third-order valence-corrected chi connectivity index (χ3v) is 2.81. The summed E-state index contributed by atoms with van der Waals surface area (Å²) in [6.45, 7) is 0.140. The summed E-state index contributed by atoms with van der Waals surface area (Å²) in [7, 11) is 0. The zero-order valence-corrected chi connectivity index (χ0v) is 10.4. The van der Waals surface area contributed by atoms with Gasteiger partial charge in [0, 0.05) is 16.9 Å². The lowest BCUT2D eigenvalue weighted by Gasteiger charge is -2.07. The summed E-state index contributed by atoms with van der Waals surface area (Å²) in [6.07, 6.45) is 0. The van der Waals surface area contributed by atoms with Crippen LogP contribution < -0.4 is 20.5 Å². The van der Waals surface area contributed by atoms with Crippen molar-refractivity contribution in [3.05, 3.63) is 47.8 Å². The molecule has 0 saturated heterocycles. The second-order valence-electron chi connectivity index (χ2n) is 4.30. The summed E-state index contributed by atoms with van der Waals surface area (Å²) < 4.78 is 23.6. The minimum Gasteiger partial charge on any atom is -0.454 e. The third-order valence-electron chi connectivity index (χ3n) is 2.81. The first-order valence-electron chi connectivity index (χ1n) is 5.89. The van der Waals surface area contributed by atoms with E-state index in [0.717, 1.165) is 0 Å². The smallest absolute Gasteiger partial charge is 0.255 e. The van der Waals surface area contributed by atoms with Crippen molar-refractivity contribution in [3.8, 4) is 11.5 Å². The van der Waals surface area contributed by atoms with E-state index in [1.165, 1.54) is 18.2 Å². The van der Waals surface area contributed by atoms with Crippen molar-refractivity contribution in [1.29, 1.82) is 0 Å². The van der Waals surface area contributed by atoms with Crippen LogP contribution in [0.5, 0.6) is 11.5 Å². The molecule has 0 saturated carbocycles. The number of amides is 1. The van der Waals surface area contributed by atoms with Crippen molar-refractivity contribution >= 4 is 17.3 Å². The largest absolute Gasteiger partial charge is 0.454 e. The van der Waals surface area contributed by atoms with E-state index in [-0.39, 0.29) is 18.4 Å². The summed E-state index contributed by atoms with van der Waals surface area (Å²) in [4.78, 5) is 12.1. The first kappa shape index (κ1) is 12.3. The predicted octanol–water partition coefficient (Wildman–Crippen LogP) is 2.39. The lowest BCUT2D eigenvalue weighted by molar-refractivity contribution is 0.102. The number of nitrogens with two attached hydrogens (primary N) is 1. The van der Waals surface area contributed by atoms with Gasteiger partial charge >= 0.3 is 0 Å². The van der Waals surface area contributed by atoms with Gasteiger partial charge in [-0.25, -0.2) is 4.39 Å². The molecule has 0 spiro atoms.